The van der Waals surface area contributed by atoms with Gasteiger partial charge < -0.3 is 20.9 Å². The number of hydrogen-bond acceptors (Lipinski definition) is 8. The summed E-state index contributed by atoms with van der Waals surface area (Å²) in [5.41, 5.74) is 5.58. The number of likely N-dealkylation sites (tertiary alicyclic amines) is 1. The fourth-order valence-electron chi connectivity index (χ4n) is 7.61. The van der Waals surface area contributed by atoms with Crippen LogP contribution in [0.15, 0.2) is 43.0 Å². The molecule has 11 nitrogen and oxygen atoms in total. The standard InChI is InChI=1S/C33H39N9O2/c1-19(37-18-29(43)42-26(17-34)14-25-16-32(25,42)3)15-33(31-38-40-41-39-31)27-10-8-21(20(2)35-4)12-22(27)6-7-23-13-24(30(44)36-5)9-11-28(23)33/h8-13,19,25-26,35,37H,2,6-7,14-16,18H2,1,3-5H3,(H,36,44)(H,38,39,40,41)/t19-,25+,26?,32-,33?/m1/s1. The topological polar surface area (TPSA) is 152 Å². The minimum absolute atomic E-state index is 0.0494. The van der Waals surface area contributed by atoms with E-state index in [-0.39, 0.29) is 36.0 Å². The van der Waals surface area contributed by atoms with Gasteiger partial charge in [-0.1, -0.05) is 30.0 Å². The number of nitrogens with one attached hydrogen (secondary N) is 4. The number of carbonyl (C=O) groups is 2. The minimum Gasteiger partial charge on any atom is -0.388 e. The van der Waals surface area contributed by atoms with Crippen molar-refractivity contribution in [3.63, 3.8) is 0 Å². The van der Waals surface area contributed by atoms with E-state index in [9.17, 15) is 14.9 Å². The van der Waals surface area contributed by atoms with Crippen molar-refractivity contribution >= 4 is 17.5 Å². The van der Waals surface area contributed by atoms with E-state index in [4.69, 9.17) is 0 Å². The number of benzene rings is 2. The molecule has 2 aromatic carbocycles. The molecule has 1 saturated heterocycles. The summed E-state index contributed by atoms with van der Waals surface area (Å²) < 4.78 is 0. The molecule has 2 unspecified atom stereocenters. The molecule has 5 atom stereocenters. The summed E-state index contributed by atoms with van der Waals surface area (Å²) in [5, 5.41) is 34.8. The third-order valence-corrected chi connectivity index (χ3v) is 10.0. The van der Waals surface area contributed by atoms with Crippen LogP contribution in [0.1, 0.15) is 77.1 Å². The predicted molar refractivity (Wildman–Crippen MR) is 165 cm³/mol. The Morgan fingerprint density at radius 3 is 2.43 bits per heavy atom. The van der Waals surface area contributed by atoms with E-state index in [0.29, 0.717) is 30.1 Å². The van der Waals surface area contributed by atoms with Gasteiger partial charge in [-0.25, -0.2) is 0 Å². The van der Waals surface area contributed by atoms with Crippen molar-refractivity contribution in [2.75, 3.05) is 20.6 Å². The maximum absolute atomic E-state index is 13.5. The van der Waals surface area contributed by atoms with Crippen LogP contribution in [-0.4, -0.2) is 75.6 Å². The Kier molecular flexibility index (Phi) is 7.49. The highest BCUT2D eigenvalue weighted by molar-refractivity contribution is 5.94. The zero-order valence-corrected chi connectivity index (χ0v) is 25.7. The molecule has 1 aromatic heterocycles. The van der Waals surface area contributed by atoms with Gasteiger partial charge >= 0.3 is 0 Å². The number of fused-ring (bicyclic) bond motifs is 3. The van der Waals surface area contributed by atoms with Gasteiger partial charge in [0, 0.05) is 36.9 Å². The van der Waals surface area contributed by atoms with Gasteiger partial charge in [-0.2, -0.15) is 10.5 Å². The van der Waals surface area contributed by atoms with Gasteiger partial charge in [0.15, 0.2) is 5.82 Å². The molecule has 1 aliphatic heterocycles. The van der Waals surface area contributed by atoms with E-state index in [2.05, 4.69) is 81.3 Å². The minimum atomic E-state index is -0.833. The van der Waals surface area contributed by atoms with Crippen molar-refractivity contribution in [3.8, 4) is 6.07 Å². The molecule has 3 aromatic rings. The lowest BCUT2D eigenvalue weighted by molar-refractivity contribution is -0.133. The summed E-state index contributed by atoms with van der Waals surface area (Å²) in [4.78, 5) is 27.9. The molecule has 2 aliphatic carbocycles. The number of rotatable bonds is 9. The Hall–Kier alpha value is -4.56. The molecule has 2 fully saturated rings. The lowest BCUT2D eigenvalue weighted by Gasteiger charge is -2.37. The van der Waals surface area contributed by atoms with E-state index in [1.807, 2.05) is 25.2 Å². The van der Waals surface area contributed by atoms with Gasteiger partial charge in [0.1, 0.15) is 6.04 Å². The summed E-state index contributed by atoms with van der Waals surface area (Å²) in [6.45, 7) is 8.44. The van der Waals surface area contributed by atoms with Crippen LogP contribution in [0.5, 0.6) is 0 Å². The molecule has 2 amide bonds. The smallest absolute Gasteiger partial charge is 0.251 e. The Morgan fingerprint density at radius 2 is 1.82 bits per heavy atom. The Labute approximate surface area is 257 Å². The van der Waals surface area contributed by atoms with Crippen molar-refractivity contribution in [1.29, 1.82) is 5.26 Å². The number of amides is 2. The lowest BCUT2D eigenvalue weighted by Crippen LogP contribution is -2.49. The van der Waals surface area contributed by atoms with Crippen LogP contribution in [0.25, 0.3) is 5.70 Å². The summed E-state index contributed by atoms with van der Waals surface area (Å²) in [7, 11) is 3.48. The average Bonchev–Trinajstić information content (AvgIpc) is 3.34. The molecule has 4 N–H and O–H groups in total. The number of nitrogens with zero attached hydrogens (tertiary/aromatic N) is 5. The molecule has 1 saturated carbocycles. The highest BCUT2D eigenvalue weighted by Crippen LogP contribution is 2.57. The van der Waals surface area contributed by atoms with Crippen LogP contribution in [0.4, 0.5) is 0 Å². The number of aromatic nitrogens is 4. The third-order valence-electron chi connectivity index (χ3n) is 10.0. The summed E-state index contributed by atoms with van der Waals surface area (Å²) >= 11 is 0. The molecule has 6 rings (SSSR count). The summed E-state index contributed by atoms with van der Waals surface area (Å²) in [6.07, 6.45) is 3.69. The monoisotopic (exact) mass is 593 g/mol. The second-order valence-corrected chi connectivity index (χ2v) is 12.6. The molecule has 3 aliphatic rings. The van der Waals surface area contributed by atoms with Crippen molar-refractivity contribution in [2.24, 2.45) is 5.92 Å². The van der Waals surface area contributed by atoms with Gasteiger partial charge in [0.05, 0.1) is 18.0 Å². The fraction of sp³-hybridized carbons (Fsp3) is 0.455. The maximum atomic E-state index is 13.5. The fourth-order valence-corrected chi connectivity index (χ4v) is 7.61. The first-order valence-electron chi connectivity index (χ1n) is 15.2. The molecule has 11 heteroatoms. The molecule has 44 heavy (non-hydrogen) atoms. The van der Waals surface area contributed by atoms with E-state index in [0.717, 1.165) is 52.8 Å². The Bertz CT molecular complexity index is 1590. The van der Waals surface area contributed by atoms with Crippen LogP contribution < -0.4 is 16.0 Å². The van der Waals surface area contributed by atoms with E-state index >= 15 is 0 Å². The van der Waals surface area contributed by atoms with E-state index in [1.54, 1.807) is 11.9 Å². The number of hydrogen-bond donors (Lipinski definition) is 4. The van der Waals surface area contributed by atoms with Crippen LogP contribution in [-0.2, 0) is 23.1 Å². The van der Waals surface area contributed by atoms with Crippen molar-refractivity contribution < 1.29 is 9.59 Å². The third kappa shape index (κ3) is 4.74. The Morgan fingerprint density at radius 1 is 1.14 bits per heavy atom. The number of nitriles is 1. The van der Waals surface area contributed by atoms with Gasteiger partial charge in [0.25, 0.3) is 5.91 Å². The van der Waals surface area contributed by atoms with Gasteiger partial charge in [-0.15, -0.1) is 10.2 Å². The molecule has 0 radical (unpaired) electrons. The van der Waals surface area contributed by atoms with E-state index in [1.165, 1.54) is 0 Å². The zero-order chi connectivity index (χ0) is 31.2. The van der Waals surface area contributed by atoms with Crippen LogP contribution in [0.2, 0.25) is 0 Å². The van der Waals surface area contributed by atoms with Crippen molar-refractivity contribution in [1.82, 2.24) is 41.5 Å². The summed E-state index contributed by atoms with van der Waals surface area (Å²) in [5.74, 6) is 0.737. The zero-order valence-electron chi connectivity index (χ0n) is 25.7. The number of piperidine rings is 1. The normalized spacial score (nSPS) is 25.5. The number of H-pyrrole nitrogens is 1. The van der Waals surface area contributed by atoms with E-state index < -0.39 is 5.41 Å². The number of aryl methyl sites for hydroxylation is 2. The highest BCUT2D eigenvalue weighted by atomic mass is 16.2. The van der Waals surface area contributed by atoms with Crippen molar-refractivity contribution in [3.05, 3.63) is 82.2 Å². The second-order valence-electron chi connectivity index (χ2n) is 12.6. The number of carbonyl (C=O) groups excluding carboxylic acids is 2. The van der Waals surface area contributed by atoms with Crippen LogP contribution in [0.3, 0.4) is 0 Å². The first-order chi connectivity index (χ1) is 21.2. The second kappa shape index (κ2) is 11.2. The molecule has 0 bridgehead atoms. The van der Waals surface area contributed by atoms with Gasteiger partial charge in [0.2, 0.25) is 5.91 Å². The number of aromatic amines is 1. The first kappa shape index (κ1) is 29.5. The van der Waals surface area contributed by atoms with Gasteiger partial charge in [-0.05, 0) is 97.9 Å². The highest BCUT2D eigenvalue weighted by Gasteiger charge is 2.63. The van der Waals surface area contributed by atoms with Gasteiger partial charge in [-0.3, -0.25) is 9.59 Å². The molecular formula is C33H39N9O2. The molecular weight excluding hydrogens is 554 g/mol. The largest absolute Gasteiger partial charge is 0.388 e. The van der Waals surface area contributed by atoms with Crippen LogP contribution >= 0.6 is 0 Å². The maximum Gasteiger partial charge on any atom is 0.251 e. The SMILES string of the molecule is C=C(NC)c1ccc2c(c1)CCc1cc(C(=O)NC)ccc1C2(C[C@@H](C)NCC(=O)N1C(C#N)C[C@H]2C[C@]21C)c1nn[nH]n1. The quantitative estimate of drug-likeness (QED) is 0.295. The number of tetrazole rings is 1. The average molecular weight is 594 g/mol. The van der Waals surface area contributed by atoms with Crippen molar-refractivity contribution in [2.45, 2.75) is 69.0 Å². The lowest BCUT2D eigenvalue weighted by atomic mass is 9.67. The first-order valence-corrected chi connectivity index (χ1v) is 15.2. The Balaban J connectivity index is 1.41. The molecule has 228 valence electrons. The molecule has 2 heterocycles. The predicted octanol–water partition coefficient (Wildman–Crippen LogP) is 2.45. The molecule has 0 spiro atoms. The van der Waals surface area contributed by atoms with Crippen LogP contribution in [0, 0.1) is 17.2 Å². The summed E-state index contributed by atoms with van der Waals surface area (Å²) in [6, 6.07) is 14.0.